The predicted molar refractivity (Wildman–Crippen MR) is 66.5 cm³/mol. The summed E-state index contributed by atoms with van der Waals surface area (Å²) in [5, 5.41) is 2.80. The maximum Gasteiger partial charge on any atom is 0.0563 e. The Balaban J connectivity index is 2.36. The summed E-state index contributed by atoms with van der Waals surface area (Å²) in [6.45, 7) is 2.09. The molecule has 1 unspecified atom stereocenters. The van der Waals surface area contributed by atoms with E-state index in [2.05, 4.69) is 18.4 Å². The van der Waals surface area contributed by atoms with Crippen molar-refractivity contribution in [2.75, 3.05) is 0 Å². The summed E-state index contributed by atoms with van der Waals surface area (Å²) >= 11 is 7.66. The van der Waals surface area contributed by atoms with Gasteiger partial charge in [0.1, 0.15) is 0 Å². The molecule has 0 spiro atoms. The van der Waals surface area contributed by atoms with Gasteiger partial charge >= 0.3 is 0 Å². The first-order valence-electron chi connectivity index (χ1n) is 4.73. The fourth-order valence-corrected chi connectivity index (χ4v) is 2.55. The normalized spacial score (nSPS) is 12.7. The average Bonchev–Trinajstić information content (AvgIpc) is 2.63. The molecule has 0 aliphatic heterocycles. The van der Waals surface area contributed by atoms with E-state index in [1.165, 1.54) is 10.4 Å². The Morgan fingerprint density at radius 3 is 2.73 bits per heavy atom. The summed E-state index contributed by atoms with van der Waals surface area (Å²) in [5.74, 6) is 0. The van der Waals surface area contributed by atoms with Crippen molar-refractivity contribution in [1.29, 1.82) is 0 Å². The Morgan fingerprint density at radius 1 is 1.33 bits per heavy atom. The van der Waals surface area contributed by atoms with Crippen LogP contribution in [0.25, 0.3) is 0 Å². The fourth-order valence-electron chi connectivity index (χ4n) is 1.60. The molecular formula is C12H12ClNS. The number of hydrogen-bond acceptors (Lipinski definition) is 2. The number of benzene rings is 1. The molecule has 1 aromatic carbocycles. The van der Waals surface area contributed by atoms with Crippen molar-refractivity contribution in [1.82, 2.24) is 0 Å². The summed E-state index contributed by atoms with van der Waals surface area (Å²) in [6, 6.07) is 9.72. The van der Waals surface area contributed by atoms with Crippen molar-refractivity contribution in [3.05, 3.63) is 56.7 Å². The lowest BCUT2D eigenvalue weighted by molar-refractivity contribution is 0.869. The molecule has 0 radical (unpaired) electrons. The van der Waals surface area contributed by atoms with E-state index in [-0.39, 0.29) is 6.04 Å². The lowest BCUT2D eigenvalue weighted by Gasteiger charge is -2.12. The van der Waals surface area contributed by atoms with Gasteiger partial charge in [0, 0.05) is 9.90 Å². The van der Waals surface area contributed by atoms with Crippen LogP contribution in [0.5, 0.6) is 0 Å². The van der Waals surface area contributed by atoms with Crippen LogP contribution in [0.4, 0.5) is 0 Å². The van der Waals surface area contributed by atoms with Gasteiger partial charge in [-0.05, 0) is 41.6 Å². The molecule has 2 aromatic rings. The van der Waals surface area contributed by atoms with Crippen molar-refractivity contribution in [3.8, 4) is 0 Å². The van der Waals surface area contributed by atoms with Crippen LogP contribution in [0.15, 0.2) is 35.7 Å². The SMILES string of the molecule is Cc1sccc1C(N)c1cccc(Cl)c1. The molecule has 0 aliphatic rings. The average molecular weight is 238 g/mol. The van der Waals surface area contributed by atoms with E-state index in [1.54, 1.807) is 11.3 Å². The molecule has 3 heteroatoms. The van der Waals surface area contributed by atoms with Gasteiger partial charge < -0.3 is 5.73 Å². The topological polar surface area (TPSA) is 26.0 Å². The standard InChI is InChI=1S/C12H12ClNS/c1-8-11(5-6-15-8)12(14)9-3-2-4-10(13)7-9/h2-7,12H,14H2,1H3. The van der Waals surface area contributed by atoms with Crippen LogP contribution in [0.3, 0.4) is 0 Å². The van der Waals surface area contributed by atoms with Gasteiger partial charge in [-0.2, -0.15) is 0 Å². The number of rotatable bonds is 2. The number of thiophene rings is 1. The monoisotopic (exact) mass is 237 g/mol. The highest BCUT2D eigenvalue weighted by Gasteiger charge is 2.12. The smallest absolute Gasteiger partial charge is 0.0563 e. The van der Waals surface area contributed by atoms with E-state index in [1.807, 2.05) is 24.3 Å². The third kappa shape index (κ3) is 2.23. The van der Waals surface area contributed by atoms with E-state index >= 15 is 0 Å². The van der Waals surface area contributed by atoms with Crippen molar-refractivity contribution >= 4 is 22.9 Å². The molecule has 1 atom stereocenters. The van der Waals surface area contributed by atoms with E-state index in [4.69, 9.17) is 17.3 Å². The molecule has 0 saturated carbocycles. The van der Waals surface area contributed by atoms with Gasteiger partial charge in [-0.3, -0.25) is 0 Å². The number of aryl methyl sites for hydroxylation is 1. The molecule has 0 amide bonds. The Hall–Kier alpha value is -0.830. The third-order valence-corrected chi connectivity index (χ3v) is 3.54. The molecule has 15 heavy (non-hydrogen) atoms. The van der Waals surface area contributed by atoms with Gasteiger partial charge in [0.2, 0.25) is 0 Å². The van der Waals surface area contributed by atoms with Gasteiger partial charge in [-0.15, -0.1) is 11.3 Å². The Morgan fingerprint density at radius 2 is 2.13 bits per heavy atom. The maximum atomic E-state index is 6.18. The highest BCUT2D eigenvalue weighted by atomic mass is 35.5. The van der Waals surface area contributed by atoms with Gasteiger partial charge in [0.05, 0.1) is 6.04 Å². The molecule has 0 bridgehead atoms. The molecule has 78 valence electrons. The molecule has 0 aliphatic carbocycles. The first-order chi connectivity index (χ1) is 7.18. The van der Waals surface area contributed by atoms with Crippen LogP contribution in [0, 0.1) is 6.92 Å². The second kappa shape index (κ2) is 4.35. The summed E-state index contributed by atoms with van der Waals surface area (Å²) in [5.41, 5.74) is 8.42. The molecule has 2 N–H and O–H groups in total. The Kier molecular flexibility index (Phi) is 3.10. The van der Waals surface area contributed by atoms with Crippen LogP contribution in [0.1, 0.15) is 22.0 Å². The summed E-state index contributed by atoms with van der Waals surface area (Å²) in [4.78, 5) is 1.27. The van der Waals surface area contributed by atoms with E-state index in [0.717, 1.165) is 10.6 Å². The zero-order valence-electron chi connectivity index (χ0n) is 8.41. The zero-order valence-corrected chi connectivity index (χ0v) is 9.98. The van der Waals surface area contributed by atoms with E-state index in [9.17, 15) is 0 Å². The number of hydrogen-bond donors (Lipinski definition) is 1. The highest BCUT2D eigenvalue weighted by molar-refractivity contribution is 7.10. The van der Waals surface area contributed by atoms with E-state index < -0.39 is 0 Å². The summed E-state index contributed by atoms with van der Waals surface area (Å²) in [6.07, 6.45) is 0. The minimum atomic E-state index is -0.0741. The first-order valence-corrected chi connectivity index (χ1v) is 5.99. The quantitative estimate of drug-likeness (QED) is 0.846. The minimum absolute atomic E-state index is 0.0741. The van der Waals surface area contributed by atoms with Crippen molar-refractivity contribution < 1.29 is 0 Å². The van der Waals surface area contributed by atoms with Gasteiger partial charge in [-0.25, -0.2) is 0 Å². The molecule has 1 aromatic heterocycles. The Labute approximate surface area is 98.5 Å². The minimum Gasteiger partial charge on any atom is -0.320 e. The van der Waals surface area contributed by atoms with Gasteiger partial charge in [0.15, 0.2) is 0 Å². The third-order valence-electron chi connectivity index (χ3n) is 2.44. The van der Waals surface area contributed by atoms with Crippen LogP contribution in [-0.4, -0.2) is 0 Å². The number of nitrogens with two attached hydrogens (primary N) is 1. The van der Waals surface area contributed by atoms with Crippen molar-refractivity contribution in [2.45, 2.75) is 13.0 Å². The van der Waals surface area contributed by atoms with Crippen molar-refractivity contribution in [2.24, 2.45) is 5.73 Å². The second-order valence-corrected chi connectivity index (χ2v) is 5.02. The summed E-state index contributed by atoms with van der Waals surface area (Å²) < 4.78 is 0. The second-order valence-electron chi connectivity index (χ2n) is 3.46. The fraction of sp³-hybridized carbons (Fsp3) is 0.167. The molecule has 1 nitrogen and oxygen atoms in total. The Bertz CT molecular complexity index is 464. The van der Waals surface area contributed by atoms with Crippen LogP contribution in [0.2, 0.25) is 5.02 Å². The maximum absolute atomic E-state index is 6.18. The highest BCUT2D eigenvalue weighted by Crippen LogP contribution is 2.27. The lowest BCUT2D eigenvalue weighted by atomic mass is 10.0. The molecule has 1 heterocycles. The van der Waals surface area contributed by atoms with Gasteiger partial charge in [-0.1, -0.05) is 23.7 Å². The molecule has 0 fully saturated rings. The lowest BCUT2D eigenvalue weighted by Crippen LogP contribution is -2.11. The molecule has 0 saturated heterocycles. The van der Waals surface area contributed by atoms with Crippen LogP contribution >= 0.6 is 22.9 Å². The predicted octanol–water partition coefficient (Wildman–Crippen LogP) is 3.76. The van der Waals surface area contributed by atoms with Crippen LogP contribution in [-0.2, 0) is 0 Å². The molecule has 2 rings (SSSR count). The van der Waals surface area contributed by atoms with E-state index in [0.29, 0.717) is 0 Å². The first kappa shape index (κ1) is 10.7. The number of halogens is 1. The summed E-state index contributed by atoms with van der Waals surface area (Å²) in [7, 11) is 0. The molecular weight excluding hydrogens is 226 g/mol. The zero-order chi connectivity index (χ0) is 10.8. The van der Waals surface area contributed by atoms with Gasteiger partial charge in [0.25, 0.3) is 0 Å². The largest absolute Gasteiger partial charge is 0.320 e. The van der Waals surface area contributed by atoms with Crippen LogP contribution < -0.4 is 5.73 Å². The van der Waals surface area contributed by atoms with Crippen molar-refractivity contribution in [3.63, 3.8) is 0 Å².